The Kier molecular flexibility index (Phi) is 5.15. The molecule has 0 spiro atoms. The van der Waals surface area contributed by atoms with E-state index in [4.69, 9.17) is 9.84 Å². The van der Waals surface area contributed by atoms with Crippen LogP contribution < -0.4 is 4.72 Å². The Balaban J connectivity index is 1.93. The number of hydrogen-bond acceptors (Lipinski definition) is 4. The standard InChI is InChI=1S/C14H21NO4S/c1-19-14-7-6-13(8-14)15-20(17,18)10-12-4-2-11(9-16)3-5-12/h2-5,13-16H,6-10H2,1H3. The molecule has 0 heterocycles. The van der Waals surface area contributed by atoms with E-state index in [2.05, 4.69) is 4.72 Å². The number of hydrogen-bond donors (Lipinski definition) is 2. The highest BCUT2D eigenvalue weighted by atomic mass is 32.2. The number of methoxy groups -OCH3 is 1. The normalized spacial score (nSPS) is 23.1. The summed E-state index contributed by atoms with van der Waals surface area (Å²) in [7, 11) is -1.68. The van der Waals surface area contributed by atoms with Gasteiger partial charge in [-0.2, -0.15) is 0 Å². The van der Waals surface area contributed by atoms with Crippen molar-refractivity contribution < 1.29 is 18.3 Å². The molecule has 6 heteroatoms. The van der Waals surface area contributed by atoms with Crippen LogP contribution in [0.1, 0.15) is 30.4 Å². The highest BCUT2D eigenvalue weighted by Gasteiger charge is 2.27. The summed E-state index contributed by atoms with van der Waals surface area (Å²) in [5.41, 5.74) is 1.49. The maximum absolute atomic E-state index is 12.1. The lowest BCUT2D eigenvalue weighted by molar-refractivity contribution is 0.107. The first-order chi connectivity index (χ1) is 9.52. The van der Waals surface area contributed by atoms with Crippen LogP contribution in [0.15, 0.2) is 24.3 Å². The SMILES string of the molecule is COC1CCC(NS(=O)(=O)Cc2ccc(CO)cc2)C1. The van der Waals surface area contributed by atoms with E-state index < -0.39 is 10.0 Å². The van der Waals surface area contributed by atoms with Gasteiger partial charge in [-0.25, -0.2) is 13.1 Å². The lowest BCUT2D eigenvalue weighted by Gasteiger charge is -2.13. The van der Waals surface area contributed by atoms with Crippen LogP contribution in [0.4, 0.5) is 0 Å². The lowest BCUT2D eigenvalue weighted by Crippen LogP contribution is -2.34. The van der Waals surface area contributed by atoms with Crippen LogP contribution >= 0.6 is 0 Å². The first kappa shape index (κ1) is 15.4. The third-order valence-corrected chi connectivity index (χ3v) is 5.03. The lowest BCUT2D eigenvalue weighted by atomic mass is 10.2. The Hall–Kier alpha value is -0.950. The second-order valence-electron chi connectivity index (χ2n) is 5.22. The highest BCUT2D eigenvalue weighted by Crippen LogP contribution is 2.22. The fourth-order valence-corrected chi connectivity index (χ4v) is 3.95. The zero-order valence-corrected chi connectivity index (χ0v) is 12.4. The second-order valence-corrected chi connectivity index (χ2v) is 6.97. The molecule has 2 unspecified atom stereocenters. The number of sulfonamides is 1. The summed E-state index contributed by atoms with van der Waals surface area (Å²) in [4.78, 5) is 0. The van der Waals surface area contributed by atoms with Crippen molar-refractivity contribution in [2.45, 2.75) is 43.8 Å². The van der Waals surface area contributed by atoms with Gasteiger partial charge in [-0.3, -0.25) is 0 Å². The fourth-order valence-electron chi connectivity index (χ4n) is 2.52. The van der Waals surface area contributed by atoms with E-state index in [9.17, 15) is 8.42 Å². The van der Waals surface area contributed by atoms with Gasteiger partial charge in [-0.05, 0) is 30.4 Å². The zero-order valence-electron chi connectivity index (χ0n) is 11.6. The zero-order chi connectivity index (χ0) is 14.6. The van der Waals surface area contributed by atoms with Crippen molar-refractivity contribution in [3.05, 3.63) is 35.4 Å². The van der Waals surface area contributed by atoms with Gasteiger partial charge in [0.1, 0.15) is 0 Å². The number of nitrogens with one attached hydrogen (secondary N) is 1. The van der Waals surface area contributed by atoms with Crippen molar-refractivity contribution in [3.63, 3.8) is 0 Å². The molecule has 0 saturated heterocycles. The summed E-state index contributed by atoms with van der Waals surface area (Å²) in [6, 6.07) is 6.92. The molecule has 0 amide bonds. The minimum atomic E-state index is -3.34. The van der Waals surface area contributed by atoms with Crippen molar-refractivity contribution in [2.24, 2.45) is 0 Å². The van der Waals surface area contributed by atoms with Crippen molar-refractivity contribution >= 4 is 10.0 Å². The van der Waals surface area contributed by atoms with Crippen LogP contribution in [0, 0.1) is 0 Å². The molecule has 0 radical (unpaired) electrons. The summed E-state index contributed by atoms with van der Waals surface area (Å²) in [6.45, 7) is -0.0360. The summed E-state index contributed by atoms with van der Waals surface area (Å²) in [5, 5.41) is 8.96. The number of rotatable bonds is 6. The minimum absolute atomic E-state index is 0.0262. The predicted octanol–water partition coefficient (Wildman–Crippen LogP) is 1.17. The maximum Gasteiger partial charge on any atom is 0.216 e. The van der Waals surface area contributed by atoms with Crippen molar-refractivity contribution in [1.82, 2.24) is 4.72 Å². The number of aliphatic hydroxyl groups excluding tert-OH is 1. The third kappa shape index (κ3) is 4.28. The Morgan fingerprint density at radius 3 is 2.45 bits per heavy atom. The Labute approximate surface area is 120 Å². The molecule has 1 aromatic carbocycles. The molecule has 2 rings (SSSR count). The van der Waals surface area contributed by atoms with Crippen LogP contribution in [0.5, 0.6) is 0 Å². The van der Waals surface area contributed by atoms with Crippen LogP contribution in [-0.2, 0) is 27.1 Å². The van der Waals surface area contributed by atoms with Gasteiger partial charge in [-0.15, -0.1) is 0 Å². The molecule has 1 aromatic rings. The summed E-state index contributed by atoms with van der Waals surface area (Å²) in [6.07, 6.45) is 2.61. The predicted molar refractivity (Wildman–Crippen MR) is 76.6 cm³/mol. The average Bonchev–Trinajstić information content (AvgIpc) is 2.86. The number of aliphatic hydroxyl groups is 1. The first-order valence-electron chi connectivity index (χ1n) is 6.74. The average molecular weight is 299 g/mol. The van der Waals surface area contributed by atoms with Crippen LogP contribution in [0.25, 0.3) is 0 Å². The van der Waals surface area contributed by atoms with Crippen molar-refractivity contribution in [2.75, 3.05) is 7.11 Å². The number of benzene rings is 1. The molecular formula is C14H21NO4S. The van der Waals surface area contributed by atoms with E-state index >= 15 is 0 Å². The van der Waals surface area contributed by atoms with Crippen molar-refractivity contribution in [3.8, 4) is 0 Å². The maximum atomic E-state index is 12.1. The molecule has 2 N–H and O–H groups in total. The van der Waals surface area contributed by atoms with Gasteiger partial charge < -0.3 is 9.84 Å². The summed E-state index contributed by atoms with van der Waals surface area (Å²) in [5.74, 6) is -0.0349. The molecule has 0 aromatic heterocycles. The summed E-state index contributed by atoms with van der Waals surface area (Å²) < 4.78 is 32.2. The van der Waals surface area contributed by atoms with E-state index in [1.165, 1.54) is 0 Å². The largest absolute Gasteiger partial charge is 0.392 e. The van der Waals surface area contributed by atoms with Gasteiger partial charge in [0, 0.05) is 13.2 Å². The molecule has 1 aliphatic carbocycles. The quantitative estimate of drug-likeness (QED) is 0.826. The van der Waals surface area contributed by atoms with Gasteiger partial charge in [-0.1, -0.05) is 24.3 Å². The molecule has 112 valence electrons. The molecule has 1 fully saturated rings. The van der Waals surface area contributed by atoms with E-state index in [0.717, 1.165) is 30.4 Å². The molecule has 5 nitrogen and oxygen atoms in total. The first-order valence-corrected chi connectivity index (χ1v) is 8.39. The van der Waals surface area contributed by atoms with Crippen molar-refractivity contribution in [1.29, 1.82) is 0 Å². The third-order valence-electron chi connectivity index (χ3n) is 3.63. The molecule has 0 bridgehead atoms. The van der Waals surface area contributed by atoms with Crippen LogP contribution in [0.3, 0.4) is 0 Å². The van der Waals surface area contributed by atoms with Gasteiger partial charge in [0.25, 0.3) is 0 Å². The fraction of sp³-hybridized carbons (Fsp3) is 0.571. The smallest absolute Gasteiger partial charge is 0.216 e. The Bertz CT molecular complexity index is 527. The van der Waals surface area contributed by atoms with Gasteiger partial charge in [0.2, 0.25) is 10.0 Å². The van der Waals surface area contributed by atoms with E-state index in [-0.39, 0.29) is 24.5 Å². The molecule has 20 heavy (non-hydrogen) atoms. The van der Waals surface area contributed by atoms with Crippen LogP contribution in [0.2, 0.25) is 0 Å². The number of ether oxygens (including phenoxy) is 1. The monoisotopic (exact) mass is 299 g/mol. The second kappa shape index (κ2) is 6.67. The summed E-state index contributed by atoms with van der Waals surface area (Å²) >= 11 is 0. The molecule has 1 aliphatic rings. The Morgan fingerprint density at radius 1 is 1.25 bits per heavy atom. The molecule has 1 saturated carbocycles. The van der Waals surface area contributed by atoms with Gasteiger partial charge in [0.15, 0.2) is 0 Å². The minimum Gasteiger partial charge on any atom is -0.392 e. The van der Waals surface area contributed by atoms with E-state index in [1.54, 1.807) is 31.4 Å². The molecule has 2 atom stereocenters. The van der Waals surface area contributed by atoms with E-state index in [1.807, 2.05) is 0 Å². The van der Waals surface area contributed by atoms with Gasteiger partial charge >= 0.3 is 0 Å². The molecular weight excluding hydrogens is 278 g/mol. The Morgan fingerprint density at radius 2 is 1.90 bits per heavy atom. The van der Waals surface area contributed by atoms with E-state index in [0.29, 0.717) is 0 Å². The topological polar surface area (TPSA) is 75.6 Å². The highest BCUT2D eigenvalue weighted by molar-refractivity contribution is 7.88. The molecule has 0 aliphatic heterocycles. The van der Waals surface area contributed by atoms with Crippen LogP contribution in [-0.4, -0.2) is 32.8 Å². The van der Waals surface area contributed by atoms with Gasteiger partial charge in [0.05, 0.1) is 18.5 Å².